The van der Waals surface area contributed by atoms with Crippen LogP contribution in [0.5, 0.6) is 11.5 Å². The lowest BCUT2D eigenvalue weighted by Gasteiger charge is -2.43. The number of H-pyrrole nitrogens is 1. The molecule has 0 radical (unpaired) electrons. The molecule has 3 amide bonds. The zero-order valence-electron chi connectivity index (χ0n) is 27.5. The van der Waals surface area contributed by atoms with Crippen molar-refractivity contribution < 1.29 is 28.8 Å². The van der Waals surface area contributed by atoms with Crippen LogP contribution in [0.2, 0.25) is 0 Å². The van der Waals surface area contributed by atoms with E-state index in [0.717, 1.165) is 37.6 Å². The third kappa shape index (κ3) is 5.11. The van der Waals surface area contributed by atoms with Crippen molar-refractivity contribution in [2.75, 3.05) is 23.9 Å². The van der Waals surface area contributed by atoms with Gasteiger partial charge < -0.3 is 19.8 Å². The molecule has 9 rings (SSSR count). The Bertz CT molecular complexity index is 2370. The summed E-state index contributed by atoms with van der Waals surface area (Å²) < 4.78 is 11.7. The number of amides is 3. The molecule has 1 saturated heterocycles. The van der Waals surface area contributed by atoms with Crippen molar-refractivity contribution in [2.24, 2.45) is 29.6 Å². The summed E-state index contributed by atoms with van der Waals surface area (Å²) in [5.74, 6) is -1.62. The van der Waals surface area contributed by atoms with Gasteiger partial charge in [-0.25, -0.2) is 0 Å². The topological polar surface area (TPSA) is 161 Å². The van der Waals surface area contributed by atoms with Crippen LogP contribution in [-0.4, -0.2) is 46.6 Å². The molecule has 4 aliphatic rings. The molecular formula is C38H30N4O8S2. The fourth-order valence-corrected chi connectivity index (χ4v) is 11.9. The predicted molar refractivity (Wildman–Crippen MR) is 195 cm³/mol. The molecule has 7 atom stereocenters. The van der Waals surface area contributed by atoms with E-state index in [0.29, 0.717) is 29.3 Å². The van der Waals surface area contributed by atoms with Crippen LogP contribution in [0.3, 0.4) is 0 Å². The Morgan fingerprint density at radius 1 is 0.942 bits per heavy atom. The third-order valence-corrected chi connectivity index (χ3v) is 13.6. The normalized spacial score (nSPS) is 25.5. The molecule has 2 bridgehead atoms. The highest BCUT2D eigenvalue weighted by molar-refractivity contribution is 8.00. The van der Waals surface area contributed by atoms with E-state index in [9.17, 15) is 29.3 Å². The van der Waals surface area contributed by atoms with Gasteiger partial charge in [-0.1, -0.05) is 47.7 Å². The number of thioether (sulfide) groups is 1. The molecule has 2 aliphatic carbocycles. The smallest absolute Gasteiger partial charge is 0.305 e. The number of rotatable bonds is 8. The summed E-state index contributed by atoms with van der Waals surface area (Å²) in [6.07, 6.45) is 0.712. The molecule has 3 fully saturated rings. The van der Waals surface area contributed by atoms with Crippen molar-refractivity contribution in [3.8, 4) is 11.5 Å². The Morgan fingerprint density at radius 3 is 2.44 bits per heavy atom. The molecule has 52 heavy (non-hydrogen) atoms. The zero-order valence-corrected chi connectivity index (χ0v) is 29.1. The first kappa shape index (κ1) is 32.4. The maximum absolute atomic E-state index is 14.1. The van der Waals surface area contributed by atoms with Gasteiger partial charge in [-0.15, -0.1) is 11.8 Å². The first-order chi connectivity index (χ1) is 25.2. The Hall–Kier alpha value is -5.47. The minimum atomic E-state index is -0.528. The number of hydrogen-bond acceptors (Lipinski definition) is 10. The second kappa shape index (κ2) is 12.3. The number of fused-ring (bicyclic) bond motifs is 10. The Labute approximate surface area is 304 Å². The van der Waals surface area contributed by atoms with E-state index in [2.05, 4.69) is 10.3 Å². The average molecular weight is 735 g/mol. The van der Waals surface area contributed by atoms with Crippen LogP contribution < -0.4 is 24.6 Å². The van der Waals surface area contributed by atoms with Crippen LogP contribution in [0.25, 0.3) is 10.8 Å². The van der Waals surface area contributed by atoms with E-state index in [4.69, 9.17) is 9.47 Å². The Kier molecular flexibility index (Phi) is 7.70. The zero-order chi connectivity index (χ0) is 35.8. The highest BCUT2D eigenvalue weighted by Crippen LogP contribution is 2.68. The summed E-state index contributed by atoms with van der Waals surface area (Å²) in [6, 6.07) is 24.6. The number of methoxy groups -OCH3 is 1. The number of ether oxygens (including phenoxy) is 2. The lowest BCUT2D eigenvalue weighted by atomic mass is 9.68. The lowest BCUT2D eigenvalue weighted by molar-refractivity contribution is -0.384. The van der Waals surface area contributed by atoms with E-state index < -0.39 is 16.8 Å². The Morgan fingerprint density at radius 2 is 1.69 bits per heavy atom. The second-order valence-electron chi connectivity index (χ2n) is 13.6. The fraction of sp³-hybridized carbons (Fsp3) is 0.263. The molecule has 2 aliphatic heterocycles. The summed E-state index contributed by atoms with van der Waals surface area (Å²) in [5.41, 5.74) is 1.75. The predicted octanol–water partition coefficient (Wildman–Crippen LogP) is 6.20. The number of nitrogens with zero attached hydrogens (tertiary/aromatic N) is 2. The number of anilines is 2. The van der Waals surface area contributed by atoms with E-state index in [1.165, 1.54) is 36.3 Å². The third-order valence-electron chi connectivity index (χ3n) is 11.0. The van der Waals surface area contributed by atoms with Gasteiger partial charge >= 0.3 is 4.87 Å². The molecule has 5 aromatic rings. The summed E-state index contributed by atoms with van der Waals surface area (Å²) >= 11 is 2.74. The Balaban J connectivity index is 0.984. The number of aromatic nitrogens is 1. The monoisotopic (exact) mass is 734 g/mol. The number of aromatic amines is 1. The maximum Gasteiger partial charge on any atom is 0.305 e. The number of non-ortho nitro benzene ring substituents is 1. The van der Waals surface area contributed by atoms with Crippen LogP contribution >= 0.6 is 23.1 Å². The molecule has 2 N–H and O–H groups in total. The number of carbonyl (C=O) groups is 3. The molecule has 4 aromatic carbocycles. The van der Waals surface area contributed by atoms with Gasteiger partial charge in [0.2, 0.25) is 11.8 Å². The SMILES string of the molecule is COc1cc([C@H]2c3sc(=O)[nH]c3SC3C4CC(C5C(=O)N(c6ccc([N+](=O)[O-])cc6)C(=O)C45)C32)ccc1OCC(=O)Nc1ccc2ccccc2c1. The summed E-state index contributed by atoms with van der Waals surface area (Å²) in [5, 5.41) is 16.9. The van der Waals surface area contributed by atoms with Gasteiger partial charge in [0.25, 0.3) is 11.6 Å². The van der Waals surface area contributed by atoms with E-state index >= 15 is 0 Å². The molecule has 0 spiro atoms. The van der Waals surface area contributed by atoms with Crippen LogP contribution in [0.1, 0.15) is 22.8 Å². The molecule has 14 heteroatoms. The van der Waals surface area contributed by atoms with Gasteiger partial charge in [0.15, 0.2) is 18.1 Å². The van der Waals surface area contributed by atoms with Gasteiger partial charge in [-0.05, 0) is 76.9 Å². The number of nitro benzene ring substituents is 1. The van der Waals surface area contributed by atoms with Crippen LogP contribution in [0.4, 0.5) is 17.1 Å². The molecule has 262 valence electrons. The van der Waals surface area contributed by atoms with Gasteiger partial charge in [0.1, 0.15) is 0 Å². The van der Waals surface area contributed by atoms with Crippen molar-refractivity contribution in [2.45, 2.75) is 22.6 Å². The number of carbonyl (C=O) groups excluding carboxylic acids is 3. The van der Waals surface area contributed by atoms with Gasteiger partial charge in [-0.3, -0.25) is 34.2 Å². The van der Waals surface area contributed by atoms with Crippen molar-refractivity contribution in [1.82, 2.24) is 4.98 Å². The summed E-state index contributed by atoms with van der Waals surface area (Å²) in [7, 11) is 1.53. The summed E-state index contributed by atoms with van der Waals surface area (Å²) in [4.78, 5) is 69.2. The first-order valence-electron chi connectivity index (χ1n) is 16.8. The molecule has 3 heterocycles. The highest BCUT2D eigenvalue weighted by atomic mass is 32.2. The number of nitrogens with one attached hydrogen (secondary N) is 2. The first-order valence-corrected chi connectivity index (χ1v) is 18.5. The van der Waals surface area contributed by atoms with E-state index in [-0.39, 0.29) is 63.8 Å². The molecule has 2 saturated carbocycles. The molecule has 6 unspecified atom stereocenters. The minimum Gasteiger partial charge on any atom is -0.493 e. The van der Waals surface area contributed by atoms with Crippen molar-refractivity contribution >= 4 is 68.7 Å². The van der Waals surface area contributed by atoms with Crippen LogP contribution in [0, 0.1) is 39.7 Å². The number of benzene rings is 4. The highest BCUT2D eigenvalue weighted by Gasteiger charge is 2.69. The van der Waals surface area contributed by atoms with Crippen molar-refractivity contribution in [3.63, 3.8) is 0 Å². The summed E-state index contributed by atoms with van der Waals surface area (Å²) in [6.45, 7) is -0.245. The second-order valence-corrected chi connectivity index (χ2v) is 15.8. The van der Waals surface area contributed by atoms with Gasteiger partial charge in [-0.2, -0.15) is 0 Å². The molecule has 12 nitrogen and oxygen atoms in total. The number of nitro groups is 1. The lowest BCUT2D eigenvalue weighted by Crippen LogP contribution is -2.42. The van der Waals surface area contributed by atoms with E-state index in [1.54, 1.807) is 17.8 Å². The molecule has 1 aromatic heterocycles. The number of hydrogen-bond donors (Lipinski definition) is 2. The van der Waals surface area contributed by atoms with E-state index in [1.807, 2.05) is 54.6 Å². The molecular weight excluding hydrogens is 705 g/mol. The fourth-order valence-electron chi connectivity index (χ4n) is 8.97. The van der Waals surface area contributed by atoms with Gasteiger partial charge in [0.05, 0.1) is 34.6 Å². The van der Waals surface area contributed by atoms with Crippen LogP contribution in [0.15, 0.2) is 94.7 Å². The number of imide groups is 1. The maximum atomic E-state index is 14.1. The standard InChI is InChI=1S/C38H30N4O8S2/c1-49-27-15-20(7-13-26(27)50-17-28(43)39-21-8-6-18-4-2-3-5-19(18)14-21)29-30-24-16-25(33(30)51-35-34(29)52-38(46)40-35)32-31(24)36(44)41(37(32)45)22-9-11-23(12-10-22)42(47)48/h2-15,24-25,29-33H,16-17H2,1H3,(H,39,43)(H,40,46)/t24?,25?,29-,30?,31?,32?,33?/m1/s1. The largest absolute Gasteiger partial charge is 0.493 e. The van der Waals surface area contributed by atoms with Gasteiger partial charge in [0, 0.05) is 33.9 Å². The quantitative estimate of drug-likeness (QED) is 0.107. The average Bonchev–Trinajstić information content (AvgIpc) is 3.89. The number of thiazole rings is 1. The minimum absolute atomic E-state index is 0.0247. The van der Waals surface area contributed by atoms with Crippen molar-refractivity contribution in [1.29, 1.82) is 0 Å². The van der Waals surface area contributed by atoms with Crippen LogP contribution in [-0.2, 0) is 14.4 Å². The van der Waals surface area contributed by atoms with Crippen molar-refractivity contribution in [3.05, 3.63) is 115 Å².